The lowest BCUT2D eigenvalue weighted by Crippen LogP contribution is -2.28. The largest absolute Gasteiger partial charge is 0.477 e. The first kappa shape index (κ1) is 30.3. The minimum Gasteiger partial charge on any atom is -0.477 e. The highest BCUT2D eigenvalue weighted by Crippen LogP contribution is 2.31. The van der Waals surface area contributed by atoms with Crippen LogP contribution in [0.5, 0.6) is 0 Å². The summed E-state index contributed by atoms with van der Waals surface area (Å²) in [6.07, 6.45) is 1.04. The van der Waals surface area contributed by atoms with Crippen molar-refractivity contribution in [3.05, 3.63) is 123 Å². The topological polar surface area (TPSA) is 123 Å². The first-order valence-electron chi connectivity index (χ1n) is 13.9. The minimum atomic E-state index is -1.51. The second-order valence-electron chi connectivity index (χ2n) is 11.0. The number of Topliss-reactive ketones (excluding diaryl/α,β-unsaturated/α-hetero) is 1. The molecule has 0 atom stereocenters. The van der Waals surface area contributed by atoms with Gasteiger partial charge in [-0.3, -0.25) is 14.5 Å². The first-order chi connectivity index (χ1) is 21.0. The van der Waals surface area contributed by atoms with Crippen LogP contribution in [0.4, 0.5) is 14.5 Å². The molecule has 2 aromatic heterocycles. The molecule has 0 unspecified atom stereocenters. The number of ketones is 1. The Labute approximate surface area is 251 Å². The molecular weight excluding hydrogens is 568 g/mol. The lowest BCUT2D eigenvalue weighted by molar-refractivity contribution is 0.0693. The minimum absolute atomic E-state index is 0.0255. The predicted molar refractivity (Wildman–Crippen MR) is 163 cm³/mol. The summed E-state index contributed by atoms with van der Waals surface area (Å²) in [6.45, 7) is 3.74. The van der Waals surface area contributed by atoms with Crippen LogP contribution in [0.15, 0.2) is 77.7 Å². The van der Waals surface area contributed by atoms with Gasteiger partial charge in [0.1, 0.15) is 17.2 Å². The third-order valence-corrected chi connectivity index (χ3v) is 7.38. The molecule has 0 aliphatic rings. The predicted octanol–water partition coefficient (Wildman–Crippen LogP) is 5.24. The molecular formula is C33H31F2N5O4. The average Bonchev–Trinajstić information content (AvgIpc) is 3.35. The zero-order valence-electron chi connectivity index (χ0n) is 24.4. The van der Waals surface area contributed by atoms with E-state index in [1.54, 1.807) is 32.0 Å². The highest BCUT2D eigenvalue weighted by atomic mass is 19.1. The highest BCUT2D eigenvalue weighted by molar-refractivity contribution is 5.99. The number of nitrogens with zero attached hydrogens (tertiary/aromatic N) is 4. The summed E-state index contributed by atoms with van der Waals surface area (Å²) < 4.78 is 31.8. The first-order valence-corrected chi connectivity index (χ1v) is 13.9. The molecule has 5 rings (SSSR count). The molecule has 5 aromatic rings. The molecule has 0 aliphatic carbocycles. The normalized spacial score (nSPS) is 11.5. The summed E-state index contributed by atoms with van der Waals surface area (Å²) in [4.78, 5) is 45.2. The van der Waals surface area contributed by atoms with Crippen LogP contribution in [0.25, 0.3) is 17.0 Å². The number of carboxylic acids is 1. The number of halogens is 2. The van der Waals surface area contributed by atoms with Crippen molar-refractivity contribution in [1.82, 2.24) is 18.9 Å². The Morgan fingerprint density at radius 2 is 1.68 bits per heavy atom. The van der Waals surface area contributed by atoms with Gasteiger partial charge in [0.2, 0.25) is 5.78 Å². The molecule has 0 radical (unpaired) electrons. The Morgan fingerprint density at radius 1 is 1.00 bits per heavy atom. The summed E-state index contributed by atoms with van der Waals surface area (Å²) >= 11 is 0. The second-order valence-corrected chi connectivity index (χ2v) is 11.0. The Kier molecular flexibility index (Phi) is 8.41. The van der Waals surface area contributed by atoms with Gasteiger partial charge in [-0.1, -0.05) is 56.3 Å². The molecule has 9 nitrogen and oxygen atoms in total. The number of rotatable bonds is 10. The monoisotopic (exact) mass is 599 g/mol. The Balaban J connectivity index is 1.75. The molecule has 0 saturated carbocycles. The van der Waals surface area contributed by atoms with E-state index in [0.717, 1.165) is 28.3 Å². The Bertz CT molecular complexity index is 1930. The van der Waals surface area contributed by atoms with Gasteiger partial charge in [0.25, 0.3) is 5.56 Å². The number of aromatic carboxylic acids is 1. The zero-order chi connectivity index (χ0) is 31.7. The number of carboxylic acid groups (broad SMARTS) is 1. The van der Waals surface area contributed by atoms with Gasteiger partial charge in [0.05, 0.1) is 17.9 Å². The van der Waals surface area contributed by atoms with Crippen LogP contribution in [0.2, 0.25) is 0 Å². The van der Waals surface area contributed by atoms with E-state index in [1.165, 1.54) is 10.6 Å². The maximum Gasteiger partial charge on any atom is 0.342 e. The van der Waals surface area contributed by atoms with Crippen molar-refractivity contribution in [3.63, 3.8) is 0 Å². The summed E-state index contributed by atoms with van der Waals surface area (Å²) in [6, 6.07) is 17.8. The number of imidazole rings is 1. The summed E-state index contributed by atoms with van der Waals surface area (Å²) in [5.41, 5.74) is 7.33. The number of carbonyl (C=O) groups is 2. The molecule has 0 amide bonds. The van der Waals surface area contributed by atoms with E-state index in [9.17, 15) is 28.3 Å². The van der Waals surface area contributed by atoms with Crippen LogP contribution in [-0.2, 0) is 19.6 Å². The number of nitrogens with two attached hydrogens (primary N) is 1. The van der Waals surface area contributed by atoms with Gasteiger partial charge < -0.3 is 15.4 Å². The maximum atomic E-state index is 14.7. The van der Waals surface area contributed by atoms with Gasteiger partial charge in [0, 0.05) is 47.6 Å². The quantitative estimate of drug-likeness (QED) is 0.166. The molecule has 0 saturated heterocycles. The van der Waals surface area contributed by atoms with Gasteiger partial charge in [0.15, 0.2) is 5.78 Å². The highest BCUT2D eigenvalue weighted by Gasteiger charge is 2.26. The Morgan fingerprint density at radius 3 is 2.30 bits per heavy atom. The number of hydrogen-bond donors (Lipinski definition) is 2. The van der Waals surface area contributed by atoms with E-state index in [-0.39, 0.29) is 41.0 Å². The smallest absolute Gasteiger partial charge is 0.342 e. The molecule has 11 heteroatoms. The summed E-state index contributed by atoms with van der Waals surface area (Å²) in [5.74, 6) is -3.55. The van der Waals surface area contributed by atoms with Gasteiger partial charge in [-0.2, -0.15) is 0 Å². The molecule has 3 N–H and O–H groups in total. The third kappa shape index (κ3) is 5.86. The molecule has 2 heterocycles. The number of anilines is 1. The van der Waals surface area contributed by atoms with E-state index in [0.29, 0.717) is 23.4 Å². The number of nitrogen functional groups attached to an aromatic ring is 1. The maximum absolute atomic E-state index is 14.7. The van der Waals surface area contributed by atoms with Gasteiger partial charge in [-0.15, -0.1) is 0 Å². The second kappa shape index (κ2) is 12.2. The molecule has 44 heavy (non-hydrogen) atoms. The number of carbonyl (C=O) groups excluding carboxylic acids is 1. The lowest BCUT2D eigenvalue weighted by atomic mass is 9.97. The average molecular weight is 600 g/mol. The van der Waals surface area contributed by atoms with Crippen molar-refractivity contribution >= 4 is 23.2 Å². The number of hydrogen-bond acceptors (Lipinski definition) is 6. The van der Waals surface area contributed by atoms with Crippen molar-refractivity contribution < 1.29 is 23.5 Å². The number of aromatic nitrogens is 3. The van der Waals surface area contributed by atoms with Crippen LogP contribution in [-0.4, -0.2) is 42.8 Å². The lowest BCUT2D eigenvalue weighted by Gasteiger charge is -2.18. The van der Waals surface area contributed by atoms with E-state index in [2.05, 4.69) is 0 Å². The van der Waals surface area contributed by atoms with E-state index >= 15 is 0 Å². The number of fused-ring (bicyclic) bond motifs is 1. The standard InChI is InChI=1S/C33H31F2N5O4/c1-19(2)30(41)21-12-13-22(27(36)14-21)29-28(18-38(3)15-20-8-5-4-6-9-20)40-31(42)24(32(43)44)17-39(33(40)37-29)16-23-25(34)10-7-11-26(23)35/h4-14,17,19H,15-16,18,36H2,1-3H3,(H,43,44). The SMILES string of the molecule is CC(C)C(=O)c1ccc(-c2nc3n(Cc4c(F)cccc4F)cc(C(=O)O)c(=O)n3c2CN(C)Cc2ccccc2)c(N)c1. The molecule has 0 fully saturated rings. The van der Waals surface area contributed by atoms with E-state index in [1.807, 2.05) is 42.3 Å². The molecule has 0 spiro atoms. The van der Waals surface area contributed by atoms with Crippen LogP contribution in [0, 0.1) is 17.6 Å². The van der Waals surface area contributed by atoms with Crippen LogP contribution in [0.3, 0.4) is 0 Å². The van der Waals surface area contributed by atoms with Crippen molar-refractivity contribution in [2.45, 2.75) is 33.5 Å². The van der Waals surface area contributed by atoms with Crippen molar-refractivity contribution in [2.75, 3.05) is 12.8 Å². The molecule has 3 aromatic carbocycles. The number of benzene rings is 3. The van der Waals surface area contributed by atoms with Gasteiger partial charge in [-0.25, -0.2) is 23.0 Å². The fraction of sp³-hybridized carbons (Fsp3) is 0.212. The van der Waals surface area contributed by atoms with Gasteiger partial charge >= 0.3 is 5.97 Å². The Hall–Kier alpha value is -5.16. The summed E-state index contributed by atoms with van der Waals surface area (Å²) in [5, 5.41) is 9.93. The van der Waals surface area contributed by atoms with E-state index < -0.39 is 35.3 Å². The van der Waals surface area contributed by atoms with E-state index in [4.69, 9.17) is 10.7 Å². The fourth-order valence-electron chi connectivity index (χ4n) is 5.19. The fourth-order valence-corrected chi connectivity index (χ4v) is 5.19. The van der Waals surface area contributed by atoms with Crippen LogP contribution in [0.1, 0.15) is 51.4 Å². The zero-order valence-corrected chi connectivity index (χ0v) is 24.4. The van der Waals surface area contributed by atoms with Crippen LogP contribution >= 0.6 is 0 Å². The molecule has 226 valence electrons. The van der Waals surface area contributed by atoms with Gasteiger partial charge in [-0.05, 0) is 36.9 Å². The van der Waals surface area contributed by atoms with Crippen LogP contribution < -0.4 is 11.3 Å². The van der Waals surface area contributed by atoms with Crippen molar-refractivity contribution in [2.24, 2.45) is 5.92 Å². The van der Waals surface area contributed by atoms with Crippen molar-refractivity contribution in [1.29, 1.82) is 0 Å². The summed E-state index contributed by atoms with van der Waals surface area (Å²) in [7, 11) is 1.83. The van der Waals surface area contributed by atoms with Crippen molar-refractivity contribution in [3.8, 4) is 11.3 Å². The third-order valence-electron chi connectivity index (χ3n) is 7.38. The molecule has 0 bridgehead atoms. The molecule has 0 aliphatic heterocycles.